The van der Waals surface area contributed by atoms with E-state index in [4.69, 9.17) is 4.74 Å². The molecule has 0 bridgehead atoms. The van der Waals surface area contributed by atoms with Crippen molar-refractivity contribution < 1.29 is 9.53 Å². The van der Waals surface area contributed by atoms with Gasteiger partial charge >= 0.3 is 5.97 Å². The standard InChI is InChI=1S/C12H22O2/c1-6-8-11(10(5)7-2)14-12(13)9(3)4/h10-11H,3,6-8H2,1-2,4-5H3. The summed E-state index contributed by atoms with van der Waals surface area (Å²) in [4.78, 5) is 11.3. The molecule has 2 heteroatoms. The summed E-state index contributed by atoms with van der Waals surface area (Å²) in [5, 5.41) is 0. The summed E-state index contributed by atoms with van der Waals surface area (Å²) >= 11 is 0. The summed E-state index contributed by atoms with van der Waals surface area (Å²) in [7, 11) is 0. The fourth-order valence-electron chi connectivity index (χ4n) is 1.25. The Bertz CT molecular complexity index is 196. The lowest BCUT2D eigenvalue weighted by Gasteiger charge is -2.22. The first-order chi connectivity index (χ1) is 6.52. The number of esters is 1. The van der Waals surface area contributed by atoms with Crippen molar-refractivity contribution in [3.63, 3.8) is 0 Å². The predicted octanol–water partition coefficient (Wildman–Crippen LogP) is 3.32. The quantitative estimate of drug-likeness (QED) is 0.483. The number of hydrogen-bond acceptors (Lipinski definition) is 2. The molecule has 0 heterocycles. The van der Waals surface area contributed by atoms with Gasteiger partial charge in [0.25, 0.3) is 0 Å². The first-order valence-corrected chi connectivity index (χ1v) is 5.39. The highest BCUT2D eigenvalue weighted by atomic mass is 16.5. The molecule has 0 aliphatic carbocycles. The first kappa shape index (κ1) is 13.2. The molecule has 14 heavy (non-hydrogen) atoms. The summed E-state index contributed by atoms with van der Waals surface area (Å²) < 4.78 is 5.37. The molecule has 0 fully saturated rings. The number of hydrogen-bond donors (Lipinski definition) is 0. The minimum atomic E-state index is -0.260. The van der Waals surface area contributed by atoms with Crippen LogP contribution in [-0.4, -0.2) is 12.1 Å². The van der Waals surface area contributed by atoms with Gasteiger partial charge in [0.1, 0.15) is 6.10 Å². The van der Waals surface area contributed by atoms with Gasteiger partial charge in [-0.1, -0.05) is 40.2 Å². The van der Waals surface area contributed by atoms with E-state index in [1.165, 1.54) is 0 Å². The third kappa shape index (κ3) is 4.45. The normalized spacial score (nSPS) is 14.6. The van der Waals surface area contributed by atoms with Gasteiger partial charge in [0.15, 0.2) is 0 Å². The molecule has 2 unspecified atom stereocenters. The molecule has 0 rings (SSSR count). The molecule has 0 aliphatic heterocycles. The van der Waals surface area contributed by atoms with E-state index in [2.05, 4.69) is 27.4 Å². The van der Waals surface area contributed by atoms with Gasteiger partial charge in [-0.05, 0) is 19.3 Å². The first-order valence-electron chi connectivity index (χ1n) is 5.39. The molecular formula is C12H22O2. The molecule has 0 saturated carbocycles. The van der Waals surface area contributed by atoms with Crippen LogP contribution in [0.2, 0.25) is 0 Å². The van der Waals surface area contributed by atoms with E-state index in [9.17, 15) is 4.79 Å². The zero-order chi connectivity index (χ0) is 11.1. The van der Waals surface area contributed by atoms with Crippen molar-refractivity contribution in [3.8, 4) is 0 Å². The Balaban J connectivity index is 4.21. The van der Waals surface area contributed by atoms with Crippen molar-refractivity contribution in [1.82, 2.24) is 0 Å². The molecule has 0 spiro atoms. The summed E-state index contributed by atoms with van der Waals surface area (Å²) in [6, 6.07) is 0. The van der Waals surface area contributed by atoms with E-state index < -0.39 is 0 Å². The van der Waals surface area contributed by atoms with Crippen LogP contribution in [0.15, 0.2) is 12.2 Å². The molecule has 2 nitrogen and oxygen atoms in total. The topological polar surface area (TPSA) is 26.3 Å². The molecule has 0 aliphatic rings. The van der Waals surface area contributed by atoms with Crippen molar-refractivity contribution in [2.75, 3.05) is 0 Å². The van der Waals surface area contributed by atoms with E-state index in [1.807, 2.05) is 0 Å². The van der Waals surface area contributed by atoms with Crippen LogP contribution in [0.4, 0.5) is 0 Å². The highest BCUT2D eigenvalue weighted by Crippen LogP contribution is 2.17. The second kappa shape index (κ2) is 6.63. The smallest absolute Gasteiger partial charge is 0.333 e. The van der Waals surface area contributed by atoms with Crippen molar-refractivity contribution >= 4 is 5.97 Å². The lowest BCUT2D eigenvalue weighted by Crippen LogP contribution is -2.25. The molecule has 0 aromatic carbocycles. The van der Waals surface area contributed by atoms with Crippen LogP contribution >= 0.6 is 0 Å². The summed E-state index contributed by atoms with van der Waals surface area (Å²) in [5.41, 5.74) is 0.481. The van der Waals surface area contributed by atoms with Gasteiger partial charge in [-0.15, -0.1) is 0 Å². The van der Waals surface area contributed by atoms with E-state index >= 15 is 0 Å². The van der Waals surface area contributed by atoms with Gasteiger partial charge in [-0.25, -0.2) is 4.79 Å². The third-order valence-electron chi connectivity index (χ3n) is 2.46. The Morgan fingerprint density at radius 3 is 2.36 bits per heavy atom. The van der Waals surface area contributed by atoms with Crippen molar-refractivity contribution in [2.24, 2.45) is 5.92 Å². The van der Waals surface area contributed by atoms with Gasteiger partial charge in [0, 0.05) is 5.57 Å². The fraction of sp³-hybridized carbons (Fsp3) is 0.750. The molecule has 0 saturated heterocycles. The number of carbonyl (C=O) groups excluding carboxylic acids is 1. The van der Waals surface area contributed by atoms with Gasteiger partial charge in [-0.3, -0.25) is 0 Å². The van der Waals surface area contributed by atoms with Crippen LogP contribution in [-0.2, 0) is 9.53 Å². The van der Waals surface area contributed by atoms with Gasteiger partial charge in [-0.2, -0.15) is 0 Å². The van der Waals surface area contributed by atoms with Crippen molar-refractivity contribution in [3.05, 3.63) is 12.2 Å². The molecule has 0 N–H and O–H groups in total. The van der Waals surface area contributed by atoms with Crippen LogP contribution in [0.5, 0.6) is 0 Å². The van der Waals surface area contributed by atoms with E-state index in [1.54, 1.807) is 6.92 Å². The summed E-state index contributed by atoms with van der Waals surface area (Å²) in [5.74, 6) is 0.169. The summed E-state index contributed by atoms with van der Waals surface area (Å²) in [6.07, 6.45) is 3.06. The Kier molecular flexibility index (Phi) is 6.26. The van der Waals surface area contributed by atoms with Crippen LogP contribution in [0.1, 0.15) is 47.0 Å². The van der Waals surface area contributed by atoms with Crippen LogP contribution < -0.4 is 0 Å². The summed E-state index contributed by atoms with van der Waals surface area (Å²) in [6.45, 7) is 11.6. The maximum Gasteiger partial charge on any atom is 0.333 e. The Morgan fingerprint density at radius 1 is 1.43 bits per heavy atom. The van der Waals surface area contributed by atoms with E-state index in [0.717, 1.165) is 19.3 Å². The number of ether oxygens (including phenoxy) is 1. The molecule has 0 radical (unpaired) electrons. The molecule has 82 valence electrons. The largest absolute Gasteiger partial charge is 0.459 e. The van der Waals surface area contributed by atoms with Crippen LogP contribution in [0.25, 0.3) is 0 Å². The monoisotopic (exact) mass is 198 g/mol. The maximum absolute atomic E-state index is 11.3. The van der Waals surface area contributed by atoms with E-state index in [-0.39, 0.29) is 12.1 Å². The number of rotatable bonds is 6. The molecule has 0 aromatic heterocycles. The van der Waals surface area contributed by atoms with Crippen molar-refractivity contribution in [2.45, 2.75) is 53.1 Å². The number of carbonyl (C=O) groups is 1. The molecule has 2 atom stereocenters. The van der Waals surface area contributed by atoms with E-state index in [0.29, 0.717) is 11.5 Å². The fourth-order valence-corrected chi connectivity index (χ4v) is 1.25. The Hall–Kier alpha value is -0.790. The van der Waals surface area contributed by atoms with Crippen molar-refractivity contribution in [1.29, 1.82) is 0 Å². The van der Waals surface area contributed by atoms with Gasteiger partial charge < -0.3 is 4.74 Å². The van der Waals surface area contributed by atoms with Crippen LogP contribution in [0.3, 0.4) is 0 Å². The highest BCUT2D eigenvalue weighted by Gasteiger charge is 2.19. The average Bonchev–Trinajstić information content (AvgIpc) is 2.15. The van der Waals surface area contributed by atoms with Gasteiger partial charge in [0.2, 0.25) is 0 Å². The predicted molar refractivity (Wildman–Crippen MR) is 59.1 cm³/mol. The zero-order valence-electron chi connectivity index (χ0n) is 9.80. The second-order valence-electron chi connectivity index (χ2n) is 3.90. The lowest BCUT2D eigenvalue weighted by molar-refractivity contribution is -0.147. The molecule has 0 aromatic rings. The molecule has 0 amide bonds. The minimum absolute atomic E-state index is 0.0502. The minimum Gasteiger partial charge on any atom is -0.459 e. The average molecular weight is 198 g/mol. The SMILES string of the molecule is C=C(C)C(=O)OC(CCC)C(C)CC. The maximum atomic E-state index is 11.3. The zero-order valence-corrected chi connectivity index (χ0v) is 9.80. The molecular weight excluding hydrogens is 176 g/mol. The van der Waals surface area contributed by atoms with Gasteiger partial charge in [0.05, 0.1) is 0 Å². The lowest BCUT2D eigenvalue weighted by atomic mass is 9.98. The Morgan fingerprint density at radius 2 is 2.00 bits per heavy atom. The highest BCUT2D eigenvalue weighted by molar-refractivity contribution is 5.87. The van der Waals surface area contributed by atoms with Crippen LogP contribution in [0, 0.1) is 5.92 Å². The second-order valence-corrected chi connectivity index (χ2v) is 3.90. The third-order valence-corrected chi connectivity index (χ3v) is 2.46. The Labute approximate surface area is 87.3 Å².